The van der Waals surface area contributed by atoms with Gasteiger partial charge in [-0.25, -0.2) is 0 Å². The van der Waals surface area contributed by atoms with Crippen LogP contribution >= 0.6 is 7.26 Å². The Kier molecular flexibility index (Phi) is 7.68. The van der Waals surface area contributed by atoms with Gasteiger partial charge in [0.2, 0.25) is 0 Å². The van der Waals surface area contributed by atoms with Gasteiger partial charge in [-0.05, 0) is 36.4 Å². The summed E-state index contributed by atoms with van der Waals surface area (Å²) in [7, 11) is -1.53. The van der Waals surface area contributed by atoms with E-state index in [1.807, 2.05) is 0 Å². The molecule has 23 heavy (non-hydrogen) atoms. The molecular weight excluding hydrogens is 323 g/mol. The molecule has 0 aromatic heterocycles. The first kappa shape index (κ1) is 19.1. The summed E-state index contributed by atoms with van der Waals surface area (Å²) in [5.41, 5.74) is 0. The summed E-state index contributed by atoms with van der Waals surface area (Å²) in [5, 5.41) is 4.28. The van der Waals surface area contributed by atoms with E-state index in [1.54, 1.807) is 0 Å². The fourth-order valence-electron chi connectivity index (χ4n) is 2.63. The van der Waals surface area contributed by atoms with Crippen molar-refractivity contribution >= 4 is 30.0 Å². The van der Waals surface area contributed by atoms with Crippen molar-refractivity contribution in [2.75, 3.05) is 6.66 Å². The van der Waals surface area contributed by atoms with Crippen molar-refractivity contribution in [3.05, 3.63) is 91.0 Å². The summed E-state index contributed by atoms with van der Waals surface area (Å²) >= 11 is 0. The Morgan fingerprint density at radius 3 is 1.00 bits per heavy atom. The fraction of sp³-hybridized carbons (Fsp3) is 0.0500. The SMILES string of the molecule is C[P+](c1ccccc1)(c1ccccc1)c1ccccc1.[C]=O.[Cl-]. The maximum atomic E-state index is 7.50. The molecule has 0 aliphatic heterocycles. The summed E-state index contributed by atoms with van der Waals surface area (Å²) in [6.07, 6.45) is 0. The van der Waals surface area contributed by atoms with Crippen molar-refractivity contribution in [3.63, 3.8) is 0 Å². The van der Waals surface area contributed by atoms with E-state index in [-0.39, 0.29) is 12.4 Å². The molecule has 0 aliphatic carbocycles. The number of rotatable bonds is 3. The predicted octanol–water partition coefficient (Wildman–Crippen LogP) is 0.217. The summed E-state index contributed by atoms with van der Waals surface area (Å²) < 4.78 is 0. The number of benzene rings is 3. The normalized spacial score (nSPS) is 9.96. The molecule has 0 aliphatic rings. The van der Waals surface area contributed by atoms with Crippen molar-refractivity contribution in [2.24, 2.45) is 0 Å². The second-order valence-electron chi connectivity index (χ2n) is 5.01. The van der Waals surface area contributed by atoms with E-state index >= 15 is 0 Å². The highest BCUT2D eigenvalue weighted by molar-refractivity contribution is 7.95. The van der Waals surface area contributed by atoms with Crippen molar-refractivity contribution < 1.29 is 17.2 Å². The Bertz CT molecular complexity index is 590. The van der Waals surface area contributed by atoms with E-state index in [0.29, 0.717) is 0 Å². The van der Waals surface area contributed by atoms with E-state index < -0.39 is 7.26 Å². The van der Waals surface area contributed by atoms with Crippen molar-refractivity contribution in [3.8, 4) is 0 Å². The maximum absolute atomic E-state index is 7.50. The third-order valence-corrected chi connectivity index (χ3v) is 7.81. The summed E-state index contributed by atoms with van der Waals surface area (Å²) in [6.45, 7) is 6.91. The highest BCUT2D eigenvalue weighted by Gasteiger charge is 2.39. The van der Waals surface area contributed by atoms with Crippen LogP contribution in [0, 0.1) is 0 Å². The van der Waals surface area contributed by atoms with Crippen molar-refractivity contribution in [2.45, 2.75) is 0 Å². The smallest absolute Gasteiger partial charge is 0.281 e. The Morgan fingerprint density at radius 1 is 0.565 bits per heavy atom. The fourth-order valence-corrected chi connectivity index (χ4v) is 5.83. The highest BCUT2D eigenvalue weighted by atomic mass is 35.5. The molecule has 0 heterocycles. The van der Waals surface area contributed by atoms with E-state index in [4.69, 9.17) is 4.79 Å². The van der Waals surface area contributed by atoms with Crippen LogP contribution in [0.5, 0.6) is 0 Å². The van der Waals surface area contributed by atoms with Crippen LogP contribution in [0.1, 0.15) is 0 Å². The van der Waals surface area contributed by atoms with Gasteiger partial charge in [0.25, 0.3) is 6.79 Å². The summed E-state index contributed by atoms with van der Waals surface area (Å²) in [4.78, 5) is 7.50. The molecule has 0 saturated heterocycles. The second-order valence-corrected chi connectivity index (χ2v) is 8.57. The van der Waals surface area contributed by atoms with Gasteiger partial charge in [-0.1, -0.05) is 54.6 Å². The molecule has 3 heteroatoms. The third-order valence-electron chi connectivity index (χ3n) is 3.82. The second kappa shape index (κ2) is 9.25. The first-order valence-electron chi connectivity index (χ1n) is 7.05. The largest absolute Gasteiger partial charge is 1.00 e. The molecule has 2 radical (unpaired) electrons. The molecule has 1 nitrogen and oxygen atoms in total. The zero-order valence-electron chi connectivity index (χ0n) is 12.9. The van der Waals surface area contributed by atoms with Gasteiger partial charge in [0.15, 0.2) is 0 Å². The molecule has 0 saturated carbocycles. The molecule has 3 aromatic rings. The van der Waals surface area contributed by atoms with Crippen molar-refractivity contribution in [1.82, 2.24) is 0 Å². The van der Waals surface area contributed by atoms with E-state index in [9.17, 15) is 0 Å². The Morgan fingerprint density at radius 2 is 0.783 bits per heavy atom. The average molecular weight is 341 g/mol. The van der Waals surface area contributed by atoms with Gasteiger partial charge in [-0.3, -0.25) is 4.79 Å². The minimum Gasteiger partial charge on any atom is -1.00 e. The monoisotopic (exact) mass is 340 g/mol. The zero-order chi connectivity index (χ0) is 15.8. The summed E-state index contributed by atoms with van der Waals surface area (Å²) in [5.74, 6) is 0. The molecule has 0 fully saturated rings. The minimum absolute atomic E-state index is 0. The first-order chi connectivity index (χ1) is 10.8. The lowest BCUT2D eigenvalue weighted by molar-refractivity contribution is -0.00000534. The molecule has 3 rings (SSSR count). The van der Waals surface area contributed by atoms with Gasteiger partial charge in [-0.2, -0.15) is 0 Å². The molecule has 0 amide bonds. The van der Waals surface area contributed by atoms with Crippen LogP contribution in [-0.4, -0.2) is 13.5 Å². The van der Waals surface area contributed by atoms with Crippen LogP contribution in [0.15, 0.2) is 91.0 Å². The first-order valence-corrected chi connectivity index (χ1v) is 9.29. The van der Waals surface area contributed by atoms with Gasteiger partial charge in [0.05, 0.1) is 6.66 Å². The molecule has 0 atom stereocenters. The van der Waals surface area contributed by atoms with E-state index in [2.05, 4.69) is 104 Å². The molecule has 0 unspecified atom stereocenters. The van der Waals surface area contributed by atoms with Crippen LogP contribution in [-0.2, 0) is 4.79 Å². The van der Waals surface area contributed by atoms with E-state index in [1.165, 1.54) is 15.9 Å². The van der Waals surface area contributed by atoms with Gasteiger partial charge in [-0.15, -0.1) is 0 Å². The Labute approximate surface area is 145 Å². The number of hydrogen-bond donors (Lipinski definition) is 0. The van der Waals surface area contributed by atoms with Gasteiger partial charge in [0.1, 0.15) is 23.2 Å². The quantitative estimate of drug-likeness (QED) is 0.623. The van der Waals surface area contributed by atoms with Gasteiger partial charge in [0, 0.05) is 0 Å². The van der Waals surface area contributed by atoms with Crippen molar-refractivity contribution in [1.29, 1.82) is 0 Å². The van der Waals surface area contributed by atoms with Gasteiger partial charge >= 0.3 is 0 Å². The van der Waals surface area contributed by atoms with Crippen LogP contribution < -0.4 is 28.3 Å². The molecule has 0 spiro atoms. The average Bonchev–Trinajstić information content (AvgIpc) is 2.65. The third kappa shape index (κ3) is 4.07. The molecule has 0 bridgehead atoms. The molecule has 116 valence electrons. The standard InChI is InChI=1S/C19H18P.CO.ClH/c1-20(17-11-5-2-6-12-17,18-13-7-3-8-14-18)19-15-9-4-10-16-19;1-2;/h2-16H,1H3;;1H/q+1;;/p-1. The van der Waals surface area contributed by atoms with Crippen LogP contribution in [0.3, 0.4) is 0 Å². The maximum Gasteiger partial charge on any atom is 0.281 e. The zero-order valence-corrected chi connectivity index (χ0v) is 14.5. The number of carbonyl (C=O) groups excluding carboxylic acids is 1. The van der Waals surface area contributed by atoms with Gasteiger partial charge < -0.3 is 12.4 Å². The topological polar surface area (TPSA) is 17.1 Å². The van der Waals surface area contributed by atoms with Crippen LogP contribution in [0.2, 0.25) is 0 Å². The van der Waals surface area contributed by atoms with E-state index in [0.717, 1.165) is 0 Å². The summed E-state index contributed by atoms with van der Waals surface area (Å²) in [6, 6.07) is 32.6. The minimum atomic E-state index is -1.53. The molecule has 3 aromatic carbocycles. The number of halogens is 1. The lowest BCUT2D eigenvalue weighted by atomic mass is 10.4. The predicted molar refractivity (Wildman–Crippen MR) is 96.8 cm³/mol. The molecule has 0 N–H and O–H groups in total. The highest BCUT2D eigenvalue weighted by Crippen LogP contribution is 2.51. The molecular formula is C20H18ClOP. The van der Waals surface area contributed by atoms with Crippen LogP contribution in [0.4, 0.5) is 0 Å². The van der Waals surface area contributed by atoms with Crippen LogP contribution in [0.25, 0.3) is 0 Å². The lowest BCUT2D eigenvalue weighted by Gasteiger charge is -2.22. The Hall–Kier alpha value is -1.95. The number of hydrogen-bond acceptors (Lipinski definition) is 1. The Balaban J connectivity index is 0.000000849. The lowest BCUT2D eigenvalue weighted by Crippen LogP contribution is -3.00.